The van der Waals surface area contributed by atoms with Crippen LogP contribution < -0.4 is 0 Å². The van der Waals surface area contributed by atoms with Crippen molar-refractivity contribution in [2.24, 2.45) is 0 Å². The van der Waals surface area contributed by atoms with Crippen LogP contribution in [0.25, 0.3) is 0 Å². The Kier molecular flexibility index (Phi) is 5.44. The second-order valence-electron chi connectivity index (χ2n) is 6.25. The van der Waals surface area contributed by atoms with Gasteiger partial charge in [-0.25, -0.2) is 4.68 Å². The molecule has 0 atom stereocenters. The van der Waals surface area contributed by atoms with Crippen LogP contribution in [-0.4, -0.2) is 32.3 Å². The maximum absolute atomic E-state index is 8.80. The van der Waals surface area contributed by atoms with Gasteiger partial charge in [-0.3, -0.25) is 9.47 Å². The van der Waals surface area contributed by atoms with Crippen LogP contribution >= 0.6 is 12.2 Å². The highest BCUT2D eigenvalue weighted by Gasteiger charge is 2.30. The summed E-state index contributed by atoms with van der Waals surface area (Å²) >= 11 is 5.71. The highest BCUT2D eigenvalue weighted by atomic mass is 32.1. The quantitative estimate of drug-likeness (QED) is 0.689. The fraction of sp³-hybridized carbons (Fsp3) is 0.500. The van der Waals surface area contributed by atoms with E-state index in [1.807, 2.05) is 10.7 Å². The Hall–Kier alpha value is -1.97. The molecule has 0 bridgehead atoms. The maximum Gasteiger partial charge on any atom is 0.199 e. The van der Waals surface area contributed by atoms with Crippen molar-refractivity contribution in [3.63, 3.8) is 0 Å². The van der Waals surface area contributed by atoms with E-state index in [0.29, 0.717) is 19.0 Å². The second-order valence-corrected chi connectivity index (χ2v) is 6.61. The Balaban J connectivity index is 1.85. The summed E-state index contributed by atoms with van der Waals surface area (Å²) in [5.74, 6) is 1.66. The third-order valence-corrected chi connectivity index (χ3v) is 4.83. The van der Waals surface area contributed by atoms with Crippen molar-refractivity contribution in [3.8, 4) is 6.07 Å². The fourth-order valence-corrected chi connectivity index (χ4v) is 3.09. The lowest BCUT2D eigenvalue weighted by Crippen LogP contribution is -2.28. The van der Waals surface area contributed by atoms with E-state index in [2.05, 4.69) is 46.7 Å². The average molecular weight is 341 g/mol. The lowest BCUT2D eigenvalue weighted by Gasteiger charge is -2.18. The van der Waals surface area contributed by atoms with Crippen molar-refractivity contribution in [2.45, 2.75) is 45.3 Å². The smallest absolute Gasteiger partial charge is 0.199 e. The molecule has 5 nitrogen and oxygen atoms in total. The Morgan fingerprint density at radius 2 is 2.08 bits per heavy atom. The molecule has 1 aliphatic rings. The summed E-state index contributed by atoms with van der Waals surface area (Å²) in [7, 11) is 0. The summed E-state index contributed by atoms with van der Waals surface area (Å²) in [5.41, 5.74) is 1.24. The van der Waals surface area contributed by atoms with E-state index in [-0.39, 0.29) is 0 Å². The van der Waals surface area contributed by atoms with Crippen LogP contribution in [0.15, 0.2) is 30.3 Å². The molecule has 0 amide bonds. The van der Waals surface area contributed by atoms with E-state index in [1.165, 1.54) is 18.4 Å². The molecule has 6 heteroatoms. The second kappa shape index (κ2) is 7.73. The van der Waals surface area contributed by atoms with Gasteiger partial charge in [0.2, 0.25) is 0 Å². The van der Waals surface area contributed by atoms with E-state index in [9.17, 15) is 0 Å². The number of aromatic nitrogens is 3. The van der Waals surface area contributed by atoms with Gasteiger partial charge in [0.05, 0.1) is 19.3 Å². The van der Waals surface area contributed by atoms with Crippen LogP contribution in [0.1, 0.15) is 43.5 Å². The van der Waals surface area contributed by atoms with Gasteiger partial charge in [0.1, 0.15) is 5.82 Å². The molecule has 24 heavy (non-hydrogen) atoms. The zero-order valence-electron chi connectivity index (χ0n) is 14.1. The van der Waals surface area contributed by atoms with E-state index >= 15 is 0 Å². The minimum atomic E-state index is 0.529. The first kappa shape index (κ1) is 16.9. The van der Waals surface area contributed by atoms with Crippen molar-refractivity contribution < 1.29 is 0 Å². The molecular formula is C18H23N5S. The fourth-order valence-electron chi connectivity index (χ4n) is 2.83. The molecule has 0 N–H and O–H groups in total. The van der Waals surface area contributed by atoms with Crippen molar-refractivity contribution in [1.82, 2.24) is 19.2 Å². The topological polar surface area (TPSA) is 49.8 Å². The molecule has 126 valence electrons. The number of nitriles is 1. The lowest BCUT2D eigenvalue weighted by molar-refractivity contribution is 0.220. The molecule has 0 unspecified atom stereocenters. The van der Waals surface area contributed by atoms with Crippen LogP contribution in [0, 0.1) is 16.1 Å². The summed E-state index contributed by atoms with van der Waals surface area (Å²) in [4.78, 5) is 2.20. The van der Waals surface area contributed by atoms with Crippen LogP contribution in [0.4, 0.5) is 0 Å². The zero-order chi connectivity index (χ0) is 16.9. The molecule has 1 aromatic carbocycles. The Labute approximate surface area is 148 Å². The maximum atomic E-state index is 8.80. The molecule has 0 spiro atoms. The Morgan fingerprint density at radius 1 is 1.33 bits per heavy atom. The molecular weight excluding hydrogens is 318 g/mol. The third kappa shape index (κ3) is 3.92. The van der Waals surface area contributed by atoms with Gasteiger partial charge < -0.3 is 0 Å². The van der Waals surface area contributed by atoms with Crippen molar-refractivity contribution in [2.75, 3.05) is 13.1 Å². The van der Waals surface area contributed by atoms with E-state index in [0.717, 1.165) is 30.2 Å². The normalized spacial score (nSPS) is 14.0. The summed E-state index contributed by atoms with van der Waals surface area (Å²) in [5, 5.41) is 13.6. The number of rotatable bonds is 8. The van der Waals surface area contributed by atoms with Gasteiger partial charge in [-0.2, -0.15) is 10.4 Å². The predicted molar refractivity (Wildman–Crippen MR) is 96.0 cm³/mol. The minimum Gasteiger partial charge on any atom is -0.299 e. The van der Waals surface area contributed by atoms with Crippen molar-refractivity contribution >= 4 is 12.2 Å². The molecule has 0 aliphatic heterocycles. The van der Waals surface area contributed by atoms with Gasteiger partial charge >= 0.3 is 0 Å². The minimum absolute atomic E-state index is 0.529. The van der Waals surface area contributed by atoms with Crippen LogP contribution in [-0.2, 0) is 13.2 Å². The van der Waals surface area contributed by atoms with Gasteiger partial charge in [-0.15, -0.1) is 0 Å². The molecule has 1 fully saturated rings. The number of benzene rings is 1. The largest absolute Gasteiger partial charge is 0.299 e. The SMILES string of the molecule is CCN(CCC#N)Cn1nc(C2CC2)n(Cc2ccccc2)c1=S. The van der Waals surface area contributed by atoms with Gasteiger partial charge in [0.15, 0.2) is 4.77 Å². The molecule has 0 saturated heterocycles. The van der Waals surface area contributed by atoms with Gasteiger partial charge in [-0.1, -0.05) is 37.3 Å². The number of hydrogen-bond acceptors (Lipinski definition) is 4. The van der Waals surface area contributed by atoms with E-state index < -0.39 is 0 Å². The van der Waals surface area contributed by atoms with Gasteiger partial charge in [0, 0.05) is 18.9 Å². The lowest BCUT2D eigenvalue weighted by atomic mass is 10.2. The van der Waals surface area contributed by atoms with Crippen LogP contribution in [0.2, 0.25) is 0 Å². The summed E-state index contributed by atoms with van der Waals surface area (Å²) in [6.07, 6.45) is 2.93. The standard InChI is InChI=1S/C18H23N5S/c1-2-21(12-6-11-19)14-23-18(24)22(17(20-23)16-9-10-16)13-15-7-4-3-5-8-15/h3-5,7-8,16H,2,6,9-10,12-14H2,1H3. The molecule has 1 aromatic heterocycles. The van der Waals surface area contributed by atoms with E-state index in [4.69, 9.17) is 22.6 Å². The van der Waals surface area contributed by atoms with E-state index in [1.54, 1.807) is 0 Å². The number of nitrogens with zero attached hydrogens (tertiary/aromatic N) is 5. The Bertz CT molecular complexity index is 767. The first-order valence-corrected chi connectivity index (χ1v) is 8.94. The Morgan fingerprint density at radius 3 is 2.71 bits per heavy atom. The molecule has 1 aliphatic carbocycles. The third-order valence-electron chi connectivity index (χ3n) is 4.40. The number of hydrogen-bond donors (Lipinski definition) is 0. The molecule has 2 aromatic rings. The molecule has 1 heterocycles. The van der Waals surface area contributed by atoms with Crippen molar-refractivity contribution in [1.29, 1.82) is 5.26 Å². The average Bonchev–Trinajstić information content (AvgIpc) is 3.41. The highest BCUT2D eigenvalue weighted by molar-refractivity contribution is 7.71. The monoisotopic (exact) mass is 341 g/mol. The first-order chi connectivity index (χ1) is 11.7. The van der Waals surface area contributed by atoms with Crippen molar-refractivity contribution in [3.05, 3.63) is 46.5 Å². The zero-order valence-corrected chi connectivity index (χ0v) is 14.9. The molecule has 1 saturated carbocycles. The van der Waals surface area contributed by atoms with Gasteiger partial charge in [-0.05, 0) is 37.2 Å². The first-order valence-electron chi connectivity index (χ1n) is 8.53. The van der Waals surface area contributed by atoms with Gasteiger partial charge in [0.25, 0.3) is 0 Å². The molecule has 0 radical (unpaired) electrons. The summed E-state index contributed by atoms with van der Waals surface area (Å²) < 4.78 is 4.88. The highest BCUT2D eigenvalue weighted by Crippen LogP contribution is 2.39. The molecule has 3 rings (SSSR count). The summed E-state index contributed by atoms with van der Waals surface area (Å²) in [6.45, 7) is 5.16. The summed E-state index contributed by atoms with van der Waals surface area (Å²) in [6, 6.07) is 12.6. The van der Waals surface area contributed by atoms with Crippen LogP contribution in [0.5, 0.6) is 0 Å². The predicted octanol–water partition coefficient (Wildman–Crippen LogP) is 3.53. The van der Waals surface area contributed by atoms with Crippen LogP contribution in [0.3, 0.4) is 0 Å².